The summed E-state index contributed by atoms with van der Waals surface area (Å²) in [5.41, 5.74) is 6.52. The van der Waals surface area contributed by atoms with E-state index in [-0.39, 0.29) is 6.04 Å². The van der Waals surface area contributed by atoms with Gasteiger partial charge in [-0.05, 0) is 43.2 Å². The standard InChI is InChI=1S/C20H18BrN5/c1-13-20-17-7-6-15(21)11-18(17)19(8-9-26(20)25-24-13)23-16-5-3-4-14(10-16)12-22-2/h3-7,10-11,19,23H,8-9,12H2,1H3. The Morgan fingerprint density at radius 1 is 1.31 bits per heavy atom. The van der Waals surface area contributed by atoms with Gasteiger partial charge in [0.15, 0.2) is 0 Å². The van der Waals surface area contributed by atoms with Crippen LogP contribution in [0.3, 0.4) is 0 Å². The highest BCUT2D eigenvalue weighted by molar-refractivity contribution is 9.10. The fraction of sp³-hybridized carbons (Fsp3) is 0.250. The van der Waals surface area contributed by atoms with Gasteiger partial charge in [-0.3, -0.25) is 0 Å². The molecule has 26 heavy (non-hydrogen) atoms. The van der Waals surface area contributed by atoms with E-state index in [0.717, 1.165) is 40.1 Å². The average molecular weight is 408 g/mol. The van der Waals surface area contributed by atoms with Crippen LogP contribution in [0, 0.1) is 13.5 Å². The first-order valence-corrected chi connectivity index (χ1v) is 9.33. The summed E-state index contributed by atoms with van der Waals surface area (Å²) in [6, 6.07) is 14.6. The van der Waals surface area contributed by atoms with Crippen LogP contribution in [0.1, 0.15) is 29.3 Å². The third-order valence-corrected chi connectivity index (χ3v) is 5.20. The lowest BCUT2D eigenvalue weighted by Crippen LogP contribution is -2.12. The maximum absolute atomic E-state index is 7.07. The van der Waals surface area contributed by atoms with E-state index in [1.165, 1.54) is 11.1 Å². The minimum absolute atomic E-state index is 0.159. The summed E-state index contributed by atoms with van der Waals surface area (Å²) in [6.07, 6.45) is 0.909. The summed E-state index contributed by atoms with van der Waals surface area (Å²) in [4.78, 5) is 3.48. The topological polar surface area (TPSA) is 47.1 Å². The fourth-order valence-electron chi connectivity index (χ4n) is 3.54. The normalized spacial score (nSPS) is 15.5. The number of anilines is 1. The van der Waals surface area contributed by atoms with E-state index in [4.69, 9.17) is 6.57 Å². The van der Waals surface area contributed by atoms with E-state index in [9.17, 15) is 0 Å². The van der Waals surface area contributed by atoms with Gasteiger partial charge in [0, 0.05) is 27.8 Å². The van der Waals surface area contributed by atoms with Crippen molar-refractivity contribution in [2.45, 2.75) is 32.5 Å². The molecule has 5 nitrogen and oxygen atoms in total. The van der Waals surface area contributed by atoms with Crippen molar-refractivity contribution in [2.75, 3.05) is 5.32 Å². The van der Waals surface area contributed by atoms with E-state index >= 15 is 0 Å². The lowest BCUT2D eigenvalue weighted by Gasteiger charge is -2.21. The van der Waals surface area contributed by atoms with Crippen LogP contribution in [0.25, 0.3) is 16.1 Å². The minimum Gasteiger partial charge on any atom is -0.378 e. The number of halogens is 1. The first kappa shape index (κ1) is 16.8. The number of benzene rings is 2. The number of nitrogens with one attached hydrogen (secondary N) is 1. The van der Waals surface area contributed by atoms with Crippen LogP contribution < -0.4 is 5.32 Å². The molecule has 130 valence electrons. The van der Waals surface area contributed by atoms with E-state index < -0.39 is 0 Å². The van der Waals surface area contributed by atoms with E-state index in [1.807, 2.05) is 23.7 Å². The van der Waals surface area contributed by atoms with E-state index in [0.29, 0.717) is 6.54 Å². The summed E-state index contributed by atoms with van der Waals surface area (Å²) in [7, 11) is 0. The molecule has 6 heteroatoms. The Hall–Kier alpha value is -2.65. The van der Waals surface area contributed by atoms with Crippen LogP contribution in [0.5, 0.6) is 0 Å². The highest BCUT2D eigenvalue weighted by Crippen LogP contribution is 2.38. The molecule has 1 unspecified atom stereocenters. The maximum atomic E-state index is 7.07. The smallest absolute Gasteiger partial charge is 0.239 e. The molecule has 0 radical (unpaired) electrons. The fourth-order valence-corrected chi connectivity index (χ4v) is 3.92. The third-order valence-electron chi connectivity index (χ3n) is 4.71. The zero-order valence-corrected chi connectivity index (χ0v) is 16.0. The lowest BCUT2D eigenvalue weighted by atomic mass is 9.96. The third kappa shape index (κ3) is 3.11. The highest BCUT2D eigenvalue weighted by Gasteiger charge is 2.25. The molecule has 1 aliphatic heterocycles. The van der Waals surface area contributed by atoms with Crippen molar-refractivity contribution in [2.24, 2.45) is 0 Å². The second kappa shape index (κ2) is 6.93. The van der Waals surface area contributed by atoms with Gasteiger partial charge in [0.25, 0.3) is 0 Å². The highest BCUT2D eigenvalue weighted by atomic mass is 79.9. The van der Waals surface area contributed by atoms with Crippen LogP contribution in [0.2, 0.25) is 0 Å². The summed E-state index contributed by atoms with van der Waals surface area (Å²) >= 11 is 3.61. The Morgan fingerprint density at radius 2 is 2.19 bits per heavy atom. The van der Waals surface area contributed by atoms with Crippen molar-refractivity contribution in [1.82, 2.24) is 15.0 Å². The average Bonchev–Trinajstić information content (AvgIpc) is 2.92. The van der Waals surface area contributed by atoms with Crippen molar-refractivity contribution in [3.05, 3.63) is 75.2 Å². The van der Waals surface area contributed by atoms with Gasteiger partial charge in [0.2, 0.25) is 6.54 Å². The predicted octanol–water partition coefficient (Wildman–Crippen LogP) is 4.99. The zero-order chi connectivity index (χ0) is 18.1. The van der Waals surface area contributed by atoms with Crippen LogP contribution in [-0.2, 0) is 13.1 Å². The maximum Gasteiger partial charge on any atom is 0.239 e. The van der Waals surface area contributed by atoms with Gasteiger partial charge in [-0.25, -0.2) is 11.3 Å². The molecule has 1 aliphatic rings. The number of rotatable bonds is 3. The second-order valence-electron chi connectivity index (χ2n) is 6.48. The zero-order valence-electron chi connectivity index (χ0n) is 14.4. The molecule has 0 fully saturated rings. The van der Waals surface area contributed by atoms with Gasteiger partial charge in [0.05, 0.1) is 17.4 Å². The number of nitrogens with zero attached hydrogens (tertiary/aromatic N) is 4. The largest absolute Gasteiger partial charge is 0.378 e. The first-order chi connectivity index (χ1) is 12.7. The SMILES string of the molecule is [C-]#[N+]Cc1cccc(NC2CCn3nnc(C)c3-c3ccc(Br)cc32)c1. The monoisotopic (exact) mass is 407 g/mol. The number of fused-ring (bicyclic) bond motifs is 3. The van der Waals surface area contributed by atoms with Crippen LogP contribution in [-0.4, -0.2) is 15.0 Å². The molecule has 2 aromatic carbocycles. The molecule has 1 aromatic heterocycles. The van der Waals surface area contributed by atoms with E-state index in [2.05, 4.69) is 66.7 Å². The van der Waals surface area contributed by atoms with Crippen molar-refractivity contribution in [1.29, 1.82) is 0 Å². The van der Waals surface area contributed by atoms with Gasteiger partial charge in [-0.2, -0.15) is 0 Å². The molecule has 0 aliphatic carbocycles. The molecule has 0 bridgehead atoms. The Bertz CT molecular complexity index is 1000. The molecule has 1 N–H and O–H groups in total. The molecule has 0 saturated heterocycles. The Morgan fingerprint density at radius 3 is 3.04 bits per heavy atom. The number of aromatic nitrogens is 3. The molecule has 0 spiro atoms. The van der Waals surface area contributed by atoms with Crippen molar-refractivity contribution in [3.63, 3.8) is 0 Å². The van der Waals surface area contributed by atoms with Gasteiger partial charge < -0.3 is 10.2 Å². The Balaban J connectivity index is 1.74. The Labute approximate surface area is 161 Å². The van der Waals surface area contributed by atoms with Gasteiger partial charge >= 0.3 is 0 Å². The second-order valence-corrected chi connectivity index (χ2v) is 7.40. The minimum atomic E-state index is 0.159. The van der Waals surface area contributed by atoms with E-state index in [1.54, 1.807) is 0 Å². The summed E-state index contributed by atoms with van der Waals surface area (Å²) in [5, 5.41) is 12.2. The molecule has 4 rings (SSSR count). The van der Waals surface area contributed by atoms with Crippen molar-refractivity contribution in [3.8, 4) is 11.3 Å². The van der Waals surface area contributed by atoms with Crippen molar-refractivity contribution < 1.29 is 0 Å². The van der Waals surface area contributed by atoms with Crippen LogP contribution in [0.4, 0.5) is 5.69 Å². The molecule has 2 heterocycles. The van der Waals surface area contributed by atoms with Crippen LogP contribution in [0.15, 0.2) is 46.9 Å². The van der Waals surface area contributed by atoms with Gasteiger partial charge in [-0.1, -0.05) is 39.3 Å². The Kier molecular flexibility index (Phi) is 4.48. The number of hydrogen-bond donors (Lipinski definition) is 1. The van der Waals surface area contributed by atoms with Crippen LogP contribution >= 0.6 is 15.9 Å². The number of hydrogen-bond acceptors (Lipinski definition) is 3. The summed E-state index contributed by atoms with van der Waals surface area (Å²) in [6.45, 7) is 10.3. The van der Waals surface area contributed by atoms with Crippen molar-refractivity contribution >= 4 is 21.6 Å². The molecule has 3 aromatic rings. The molecular weight excluding hydrogens is 390 g/mol. The summed E-state index contributed by atoms with van der Waals surface area (Å²) in [5.74, 6) is 0. The molecule has 0 saturated carbocycles. The molecule has 1 atom stereocenters. The molecular formula is C20H18BrN5. The summed E-state index contributed by atoms with van der Waals surface area (Å²) < 4.78 is 3.06. The lowest BCUT2D eigenvalue weighted by molar-refractivity contribution is 0.539. The molecule has 0 amide bonds. The first-order valence-electron chi connectivity index (χ1n) is 8.54. The van der Waals surface area contributed by atoms with Gasteiger partial charge in [0.1, 0.15) is 0 Å². The quantitative estimate of drug-likeness (QED) is 0.621. The van der Waals surface area contributed by atoms with Gasteiger partial charge in [-0.15, -0.1) is 5.10 Å². The number of aryl methyl sites for hydroxylation is 2. The predicted molar refractivity (Wildman–Crippen MR) is 106 cm³/mol.